The average Bonchev–Trinajstić information content (AvgIpc) is 3.42. The van der Waals surface area contributed by atoms with E-state index in [9.17, 15) is 4.79 Å². The molecule has 0 fully saturated rings. The normalized spacial score (nSPS) is 12.0. The lowest BCUT2D eigenvalue weighted by Crippen LogP contribution is -2.24. The number of aromatic amines is 1. The second-order valence-corrected chi connectivity index (χ2v) is 7.21. The molecule has 3 heterocycles. The summed E-state index contributed by atoms with van der Waals surface area (Å²) in [7, 11) is 0. The van der Waals surface area contributed by atoms with Crippen molar-refractivity contribution < 1.29 is 4.79 Å². The van der Waals surface area contributed by atoms with Gasteiger partial charge in [-0.1, -0.05) is 24.3 Å². The molecule has 2 N–H and O–H groups in total. The highest BCUT2D eigenvalue weighted by atomic mass is 32.1. The minimum atomic E-state index is -0.534. The number of nitrogens with zero attached hydrogens (tertiary/aromatic N) is 4. The summed E-state index contributed by atoms with van der Waals surface area (Å²) in [6, 6.07) is 13.0. The second kappa shape index (κ2) is 7.29. The van der Waals surface area contributed by atoms with Gasteiger partial charge in [-0.3, -0.25) is 14.5 Å². The third-order valence-electron chi connectivity index (χ3n) is 4.08. The molecule has 3 aromatic heterocycles. The Morgan fingerprint density at radius 3 is 2.81 bits per heavy atom. The molecular formula is C18H16N6OS2. The summed E-state index contributed by atoms with van der Waals surface area (Å²) in [5.74, 6) is 0.454. The van der Waals surface area contributed by atoms with E-state index in [0.717, 1.165) is 10.6 Å². The van der Waals surface area contributed by atoms with Crippen LogP contribution in [0.1, 0.15) is 13.0 Å². The Bertz CT molecular complexity index is 1110. The first-order chi connectivity index (χ1) is 13.1. The Kier molecular flexibility index (Phi) is 4.69. The van der Waals surface area contributed by atoms with Crippen molar-refractivity contribution >= 4 is 35.1 Å². The van der Waals surface area contributed by atoms with E-state index in [2.05, 4.69) is 20.6 Å². The molecule has 0 aliphatic rings. The molecule has 27 heavy (non-hydrogen) atoms. The van der Waals surface area contributed by atoms with Crippen molar-refractivity contribution in [2.24, 2.45) is 0 Å². The fraction of sp³-hybridized carbons (Fsp3) is 0.111. The van der Waals surface area contributed by atoms with E-state index in [1.807, 2.05) is 47.8 Å². The van der Waals surface area contributed by atoms with Crippen molar-refractivity contribution in [2.45, 2.75) is 13.0 Å². The number of hydrogen-bond donors (Lipinski definition) is 2. The van der Waals surface area contributed by atoms with Crippen LogP contribution in [0.2, 0.25) is 0 Å². The Labute approximate surface area is 164 Å². The monoisotopic (exact) mass is 396 g/mol. The van der Waals surface area contributed by atoms with Crippen LogP contribution < -0.4 is 5.32 Å². The van der Waals surface area contributed by atoms with Crippen molar-refractivity contribution in [3.63, 3.8) is 0 Å². The number of nitrogens with one attached hydrogen (secondary N) is 2. The number of rotatable bonds is 5. The molecule has 1 amide bonds. The molecule has 0 aliphatic carbocycles. The molecule has 0 saturated heterocycles. The number of para-hydroxylation sites is 1. The van der Waals surface area contributed by atoms with Gasteiger partial charge in [0.25, 0.3) is 0 Å². The van der Waals surface area contributed by atoms with E-state index in [1.54, 1.807) is 39.9 Å². The topological polar surface area (TPSA) is 80.5 Å². The molecular weight excluding hydrogens is 380 g/mol. The van der Waals surface area contributed by atoms with E-state index in [-0.39, 0.29) is 5.91 Å². The quantitative estimate of drug-likeness (QED) is 0.499. The van der Waals surface area contributed by atoms with Crippen molar-refractivity contribution in [1.82, 2.24) is 24.5 Å². The summed E-state index contributed by atoms with van der Waals surface area (Å²) < 4.78 is 3.83. The molecule has 0 spiro atoms. The van der Waals surface area contributed by atoms with Crippen molar-refractivity contribution in [3.8, 4) is 16.4 Å². The highest BCUT2D eigenvalue weighted by Crippen LogP contribution is 2.26. The van der Waals surface area contributed by atoms with Crippen LogP contribution in [-0.4, -0.2) is 30.5 Å². The van der Waals surface area contributed by atoms with Crippen molar-refractivity contribution in [3.05, 3.63) is 65.0 Å². The zero-order valence-corrected chi connectivity index (χ0v) is 16.0. The minimum absolute atomic E-state index is 0.196. The molecule has 0 bridgehead atoms. The van der Waals surface area contributed by atoms with Gasteiger partial charge in [0.15, 0.2) is 10.6 Å². The summed E-state index contributed by atoms with van der Waals surface area (Å²) in [6.07, 6.45) is 3.39. The summed E-state index contributed by atoms with van der Waals surface area (Å²) >= 11 is 6.87. The molecule has 4 rings (SSSR count). The predicted molar refractivity (Wildman–Crippen MR) is 108 cm³/mol. The summed E-state index contributed by atoms with van der Waals surface area (Å²) in [4.78, 5) is 13.7. The van der Waals surface area contributed by atoms with Gasteiger partial charge in [-0.15, -0.1) is 11.3 Å². The summed E-state index contributed by atoms with van der Waals surface area (Å²) in [6.45, 7) is 1.79. The minimum Gasteiger partial charge on any atom is -0.322 e. The fourth-order valence-corrected chi connectivity index (χ4v) is 3.72. The van der Waals surface area contributed by atoms with Crippen LogP contribution in [0.5, 0.6) is 0 Å². The number of amides is 1. The van der Waals surface area contributed by atoms with Gasteiger partial charge in [-0.05, 0) is 42.7 Å². The van der Waals surface area contributed by atoms with Gasteiger partial charge in [-0.2, -0.15) is 10.2 Å². The van der Waals surface area contributed by atoms with E-state index in [1.165, 1.54) is 0 Å². The molecule has 4 aromatic rings. The molecule has 9 heteroatoms. The lowest BCUT2D eigenvalue weighted by atomic mass is 10.3. The van der Waals surface area contributed by atoms with Gasteiger partial charge >= 0.3 is 0 Å². The SMILES string of the molecule is CC(C(=O)Nc1cnn(-c2ccccc2)c1)n1c(-c2cccs2)n[nH]c1=S. The van der Waals surface area contributed by atoms with Gasteiger partial charge in [0.1, 0.15) is 6.04 Å². The first-order valence-corrected chi connectivity index (χ1v) is 9.54. The first kappa shape index (κ1) is 17.4. The molecule has 0 saturated carbocycles. The standard InChI is InChI=1S/C18H16N6OS2/c1-12(24-16(21-22-18(24)26)15-8-5-9-27-15)17(25)20-13-10-19-23(11-13)14-6-3-2-4-7-14/h2-12H,1H3,(H,20,25)(H,22,26). The smallest absolute Gasteiger partial charge is 0.247 e. The Morgan fingerprint density at radius 2 is 2.07 bits per heavy atom. The number of hydrogen-bond acceptors (Lipinski definition) is 5. The molecule has 136 valence electrons. The summed E-state index contributed by atoms with van der Waals surface area (Å²) in [5, 5.41) is 16.2. The molecule has 7 nitrogen and oxygen atoms in total. The number of aromatic nitrogens is 5. The van der Waals surface area contributed by atoms with Gasteiger partial charge in [-0.25, -0.2) is 4.68 Å². The van der Waals surface area contributed by atoms with Crippen molar-refractivity contribution in [1.29, 1.82) is 0 Å². The fourth-order valence-electron chi connectivity index (χ4n) is 2.72. The first-order valence-electron chi connectivity index (χ1n) is 8.25. The maximum atomic E-state index is 12.8. The lowest BCUT2D eigenvalue weighted by Gasteiger charge is -2.14. The highest BCUT2D eigenvalue weighted by Gasteiger charge is 2.21. The zero-order valence-electron chi connectivity index (χ0n) is 14.4. The van der Waals surface area contributed by atoms with Crippen LogP contribution in [0, 0.1) is 4.77 Å². The van der Waals surface area contributed by atoms with E-state index in [0.29, 0.717) is 16.3 Å². The third kappa shape index (κ3) is 3.46. The van der Waals surface area contributed by atoms with Gasteiger partial charge in [0, 0.05) is 0 Å². The van der Waals surface area contributed by atoms with Gasteiger partial charge < -0.3 is 5.32 Å². The number of thiophene rings is 1. The van der Waals surface area contributed by atoms with Crippen LogP contribution >= 0.6 is 23.6 Å². The van der Waals surface area contributed by atoms with Crippen LogP contribution in [0.15, 0.2) is 60.2 Å². The number of anilines is 1. The Balaban J connectivity index is 1.55. The maximum Gasteiger partial charge on any atom is 0.247 e. The number of H-pyrrole nitrogens is 1. The van der Waals surface area contributed by atoms with Gasteiger partial charge in [0.05, 0.1) is 28.6 Å². The third-order valence-corrected chi connectivity index (χ3v) is 5.24. The summed E-state index contributed by atoms with van der Waals surface area (Å²) in [5.41, 5.74) is 1.53. The number of carbonyl (C=O) groups excluding carboxylic acids is 1. The molecule has 0 aliphatic heterocycles. The highest BCUT2D eigenvalue weighted by molar-refractivity contribution is 7.71. The predicted octanol–water partition coefficient (Wildman–Crippen LogP) is 4.05. The van der Waals surface area contributed by atoms with E-state index in [4.69, 9.17) is 12.2 Å². The van der Waals surface area contributed by atoms with E-state index < -0.39 is 6.04 Å². The lowest BCUT2D eigenvalue weighted by molar-refractivity contribution is -0.118. The van der Waals surface area contributed by atoms with Crippen LogP contribution in [0.25, 0.3) is 16.4 Å². The van der Waals surface area contributed by atoms with Crippen LogP contribution in [0.4, 0.5) is 5.69 Å². The largest absolute Gasteiger partial charge is 0.322 e. The Morgan fingerprint density at radius 1 is 1.26 bits per heavy atom. The molecule has 1 unspecified atom stereocenters. The number of carbonyl (C=O) groups is 1. The Hall–Kier alpha value is -3.04. The number of benzene rings is 1. The van der Waals surface area contributed by atoms with Crippen molar-refractivity contribution in [2.75, 3.05) is 5.32 Å². The van der Waals surface area contributed by atoms with Gasteiger partial charge in [0.2, 0.25) is 5.91 Å². The molecule has 1 aromatic carbocycles. The average molecular weight is 397 g/mol. The second-order valence-electron chi connectivity index (χ2n) is 5.87. The van der Waals surface area contributed by atoms with Crippen LogP contribution in [0.3, 0.4) is 0 Å². The van der Waals surface area contributed by atoms with E-state index >= 15 is 0 Å². The molecule has 0 radical (unpaired) electrons. The molecule has 1 atom stereocenters. The maximum absolute atomic E-state index is 12.8. The zero-order chi connectivity index (χ0) is 18.8. The van der Waals surface area contributed by atoms with Crippen LogP contribution in [-0.2, 0) is 4.79 Å².